The highest BCUT2D eigenvalue weighted by molar-refractivity contribution is 9.11. The van der Waals surface area contributed by atoms with E-state index in [9.17, 15) is 9.90 Å². The minimum Gasteiger partial charge on any atom is -0.487 e. The van der Waals surface area contributed by atoms with Crippen molar-refractivity contribution >= 4 is 38.9 Å². The van der Waals surface area contributed by atoms with Crippen LogP contribution in [-0.2, 0) is 0 Å². The van der Waals surface area contributed by atoms with E-state index in [4.69, 9.17) is 4.74 Å². The van der Waals surface area contributed by atoms with Gasteiger partial charge in [0.2, 0.25) is 0 Å². The zero-order chi connectivity index (χ0) is 14.6. The number of anilines is 1. The lowest BCUT2D eigenvalue weighted by molar-refractivity contribution is 0.0875. The molecule has 114 valence electrons. The van der Waals surface area contributed by atoms with Gasteiger partial charge in [0, 0.05) is 0 Å². The van der Waals surface area contributed by atoms with E-state index in [1.807, 2.05) is 0 Å². The monoisotopic (exact) mass is 372 g/mol. The van der Waals surface area contributed by atoms with Crippen molar-refractivity contribution in [1.82, 2.24) is 5.32 Å². The van der Waals surface area contributed by atoms with Gasteiger partial charge in [-0.15, -0.1) is 11.3 Å². The first-order valence-corrected chi connectivity index (χ1v) is 8.95. The molecule has 21 heavy (non-hydrogen) atoms. The van der Waals surface area contributed by atoms with Crippen LogP contribution in [0.1, 0.15) is 28.9 Å². The number of nitrogens with zero attached hydrogens (tertiary/aromatic N) is 1. The Kier molecular flexibility index (Phi) is 3.39. The Morgan fingerprint density at radius 2 is 2.29 bits per heavy atom. The lowest BCUT2D eigenvalue weighted by Crippen LogP contribution is -2.57. The van der Waals surface area contributed by atoms with Crippen LogP contribution in [0.4, 0.5) is 5.69 Å². The summed E-state index contributed by atoms with van der Waals surface area (Å²) in [4.78, 5) is 15.5. The van der Waals surface area contributed by atoms with Crippen molar-refractivity contribution in [3.8, 4) is 5.75 Å². The van der Waals surface area contributed by atoms with E-state index in [0.717, 1.165) is 28.1 Å². The van der Waals surface area contributed by atoms with E-state index in [1.165, 1.54) is 17.8 Å². The maximum absolute atomic E-state index is 12.6. The molecule has 3 aliphatic rings. The summed E-state index contributed by atoms with van der Waals surface area (Å²) in [5, 5.41) is 13.1. The van der Waals surface area contributed by atoms with Gasteiger partial charge in [0.25, 0.3) is 5.91 Å². The average molecular weight is 373 g/mol. The quantitative estimate of drug-likeness (QED) is 0.833. The second-order valence-electron chi connectivity index (χ2n) is 5.86. The van der Waals surface area contributed by atoms with Gasteiger partial charge >= 0.3 is 0 Å². The average Bonchev–Trinajstić information content (AvgIpc) is 2.70. The van der Waals surface area contributed by atoms with Gasteiger partial charge < -0.3 is 20.1 Å². The number of carbonyl (C=O) groups is 1. The minimum absolute atomic E-state index is 0.0283. The lowest BCUT2D eigenvalue weighted by Gasteiger charge is -2.43. The van der Waals surface area contributed by atoms with Gasteiger partial charge in [0.1, 0.15) is 21.0 Å². The summed E-state index contributed by atoms with van der Waals surface area (Å²) in [6.45, 7) is 1.35. The van der Waals surface area contributed by atoms with Crippen molar-refractivity contribution in [2.75, 3.05) is 24.7 Å². The zero-order valence-electron chi connectivity index (χ0n) is 11.5. The Labute approximate surface area is 135 Å². The number of carbonyl (C=O) groups excluding carboxylic acids is 1. The number of rotatable bonds is 2. The van der Waals surface area contributed by atoms with E-state index < -0.39 is 0 Å². The van der Waals surface area contributed by atoms with Crippen molar-refractivity contribution in [2.45, 2.75) is 31.3 Å². The summed E-state index contributed by atoms with van der Waals surface area (Å²) in [5.74, 6) is 1.20. The van der Waals surface area contributed by atoms with Crippen molar-refractivity contribution in [1.29, 1.82) is 0 Å². The van der Waals surface area contributed by atoms with Gasteiger partial charge in [-0.05, 0) is 34.7 Å². The van der Waals surface area contributed by atoms with Crippen molar-refractivity contribution < 1.29 is 14.6 Å². The topological polar surface area (TPSA) is 61.8 Å². The summed E-state index contributed by atoms with van der Waals surface area (Å²) < 4.78 is 6.59. The van der Waals surface area contributed by atoms with Crippen LogP contribution in [0.3, 0.4) is 0 Å². The fourth-order valence-electron chi connectivity index (χ4n) is 3.56. The molecular formula is C14H17BrN2O3S. The Balaban J connectivity index is 1.81. The lowest BCUT2D eigenvalue weighted by atomic mass is 9.76. The van der Waals surface area contributed by atoms with Crippen LogP contribution in [-0.4, -0.2) is 42.9 Å². The molecule has 1 saturated carbocycles. The number of hydrogen-bond acceptors (Lipinski definition) is 5. The third-order valence-corrected chi connectivity index (χ3v) is 6.62. The summed E-state index contributed by atoms with van der Waals surface area (Å²) in [6, 6.07) is -0.0368. The van der Waals surface area contributed by atoms with E-state index in [-0.39, 0.29) is 24.6 Å². The molecule has 1 aromatic heterocycles. The molecule has 0 unspecified atom stereocenters. The molecule has 7 heteroatoms. The van der Waals surface area contributed by atoms with Crippen LogP contribution < -0.4 is 15.0 Å². The van der Waals surface area contributed by atoms with Crippen molar-refractivity contribution in [2.24, 2.45) is 5.92 Å². The smallest absolute Gasteiger partial charge is 0.263 e. The molecule has 0 spiro atoms. The molecule has 2 N–H and O–H groups in total. The molecule has 3 heterocycles. The summed E-state index contributed by atoms with van der Waals surface area (Å²) in [6.07, 6.45) is 3.49. The Morgan fingerprint density at radius 1 is 1.48 bits per heavy atom. The first-order chi connectivity index (χ1) is 10.2. The summed E-state index contributed by atoms with van der Waals surface area (Å²) >= 11 is 4.90. The van der Waals surface area contributed by atoms with Crippen LogP contribution in [0.25, 0.3) is 0 Å². The molecule has 0 bridgehead atoms. The van der Waals surface area contributed by atoms with Crippen molar-refractivity contribution in [3.05, 3.63) is 8.66 Å². The highest BCUT2D eigenvalue weighted by atomic mass is 79.9. The molecule has 1 aromatic rings. The van der Waals surface area contributed by atoms with Gasteiger partial charge in [0.15, 0.2) is 5.75 Å². The Bertz CT molecular complexity index is 587. The second kappa shape index (κ2) is 5.14. The second-order valence-corrected chi connectivity index (χ2v) is 8.20. The third-order valence-electron chi connectivity index (χ3n) is 4.83. The number of thiophene rings is 1. The normalized spacial score (nSPS) is 28.3. The predicted molar refractivity (Wildman–Crippen MR) is 84.3 cm³/mol. The number of halogens is 1. The molecule has 0 saturated heterocycles. The van der Waals surface area contributed by atoms with Gasteiger partial charge in [-0.3, -0.25) is 4.79 Å². The third kappa shape index (κ3) is 2.01. The first-order valence-electron chi connectivity index (χ1n) is 7.34. The number of aliphatic hydroxyl groups is 1. The molecule has 1 fully saturated rings. The first kappa shape index (κ1) is 13.8. The highest BCUT2D eigenvalue weighted by Gasteiger charge is 2.44. The molecule has 1 amide bonds. The standard InChI is InChI=1S/C14H17BrN2O3S/c15-13-11-10-12(21-13)14(19)16-9(7-2-1-3-7)8(6-18)17(10)4-5-20-11/h7-9,18H,1-6H2,(H,16,19)/t8-,9-/m0/s1. The van der Waals surface area contributed by atoms with Gasteiger partial charge in [-0.1, -0.05) is 6.42 Å². The largest absolute Gasteiger partial charge is 0.487 e. The summed E-state index contributed by atoms with van der Waals surface area (Å²) in [5.41, 5.74) is 0.858. The highest BCUT2D eigenvalue weighted by Crippen LogP contribution is 2.50. The fraction of sp³-hybridized carbons (Fsp3) is 0.643. The van der Waals surface area contributed by atoms with E-state index >= 15 is 0 Å². The SMILES string of the molecule is O=C1N[C@@H](C2CCC2)[C@H](CO)N2CCOc3c(Br)sc1c32. The number of aliphatic hydroxyl groups excluding tert-OH is 1. The molecule has 0 aromatic carbocycles. The minimum atomic E-state index is -0.0651. The molecule has 0 radical (unpaired) electrons. The van der Waals surface area contributed by atoms with Crippen LogP contribution in [0.15, 0.2) is 3.79 Å². The Hall–Kier alpha value is -0.790. The number of amides is 1. The molecular weight excluding hydrogens is 356 g/mol. The molecule has 2 atom stereocenters. The number of nitrogens with one attached hydrogen (secondary N) is 1. The van der Waals surface area contributed by atoms with E-state index in [2.05, 4.69) is 26.1 Å². The summed E-state index contributed by atoms with van der Waals surface area (Å²) in [7, 11) is 0. The van der Waals surface area contributed by atoms with E-state index in [1.54, 1.807) is 0 Å². The van der Waals surface area contributed by atoms with E-state index in [0.29, 0.717) is 23.9 Å². The van der Waals surface area contributed by atoms with Gasteiger partial charge in [0.05, 0.1) is 25.2 Å². The maximum Gasteiger partial charge on any atom is 0.263 e. The van der Waals surface area contributed by atoms with Crippen LogP contribution in [0.5, 0.6) is 5.75 Å². The predicted octanol–water partition coefficient (Wildman–Crippen LogP) is 1.98. The van der Waals surface area contributed by atoms with Crippen LogP contribution in [0.2, 0.25) is 0 Å². The van der Waals surface area contributed by atoms with Crippen LogP contribution in [0, 0.1) is 5.92 Å². The molecule has 5 nitrogen and oxygen atoms in total. The van der Waals surface area contributed by atoms with Crippen molar-refractivity contribution in [3.63, 3.8) is 0 Å². The molecule has 1 aliphatic carbocycles. The fourth-order valence-corrected chi connectivity index (χ4v) is 5.23. The molecule has 4 rings (SSSR count). The van der Waals surface area contributed by atoms with Crippen LogP contribution >= 0.6 is 27.3 Å². The van der Waals surface area contributed by atoms with Gasteiger partial charge in [-0.25, -0.2) is 0 Å². The number of ether oxygens (including phenoxy) is 1. The zero-order valence-corrected chi connectivity index (χ0v) is 13.9. The number of hydrogen-bond donors (Lipinski definition) is 2. The Morgan fingerprint density at radius 3 is 2.95 bits per heavy atom. The maximum atomic E-state index is 12.6. The van der Waals surface area contributed by atoms with Gasteiger partial charge in [-0.2, -0.15) is 0 Å². The molecule has 2 aliphatic heterocycles.